The molecule has 1 nitrogen and oxygen atoms in total. The zero-order valence-corrected chi connectivity index (χ0v) is 6.84. The molecule has 9 heavy (non-hydrogen) atoms. The van der Waals surface area contributed by atoms with Gasteiger partial charge >= 0.3 is 0 Å². The van der Waals surface area contributed by atoms with Crippen molar-refractivity contribution in [3.05, 3.63) is 16.8 Å². The maximum Gasteiger partial charge on any atom is 0.0725 e. The van der Waals surface area contributed by atoms with E-state index in [1.807, 2.05) is 0 Å². The first kappa shape index (κ1) is 6.75. The molecule has 0 bridgehead atoms. The normalized spacial score (nSPS) is 10.2. The third-order valence-corrected chi connectivity index (χ3v) is 2.23. The molecule has 1 aromatic heterocycles. The lowest BCUT2D eigenvalue weighted by molar-refractivity contribution is 1.12. The predicted molar refractivity (Wildman–Crippen MR) is 42.3 cm³/mol. The minimum Gasteiger partial charge on any atom is -0.354 e. The van der Waals surface area contributed by atoms with E-state index in [9.17, 15) is 0 Å². The molecular formula is C7H11NS. The molecule has 0 aromatic carbocycles. The second-order valence-corrected chi connectivity index (χ2v) is 2.80. The quantitative estimate of drug-likeness (QED) is 0.515. The predicted octanol–water partition coefficient (Wildman–Crippen LogP) is 2.23. The number of rotatable bonds is 0. The van der Waals surface area contributed by atoms with Gasteiger partial charge in [0.15, 0.2) is 0 Å². The van der Waals surface area contributed by atoms with Crippen LogP contribution in [0, 0.1) is 20.8 Å². The number of hydrogen-bond acceptors (Lipinski definition) is 1. The van der Waals surface area contributed by atoms with E-state index in [0.717, 1.165) is 5.03 Å². The van der Waals surface area contributed by atoms with Gasteiger partial charge in [0.25, 0.3) is 0 Å². The molecule has 0 aliphatic heterocycles. The van der Waals surface area contributed by atoms with Crippen molar-refractivity contribution >= 4 is 12.6 Å². The molecule has 0 unspecified atom stereocenters. The molecule has 0 spiro atoms. The highest BCUT2D eigenvalue weighted by atomic mass is 32.1. The van der Waals surface area contributed by atoms with Crippen LogP contribution in [-0.2, 0) is 0 Å². The number of hydrogen-bond donors (Lipinski definition) is 2. The SMILES string of the molecule is Cc1[nH]c(S)c(C)c1C. The van der Waals surface area contributed by atoms with Gasteiger partial charge in [-0.25, -0.2) is 0 Å². The van der Waals surface area contributed by atoms with E-state index in [2.05, 4.69) is 38.4 Å². The molecule has 1 aromatic rings. The molecule has 0 fully saturated rings. The molecule has 2 heteroatoms. The summed E-state index contributed by atoms with van der Waals surface area (Å²) in [5.74, 6) is 0. The Hall–Kier alpha value is -0.370. The average molecular weight is 141 g/mol. The highest BCUT2D eigenvalue weighted by molar-refractivity contribution is 7.80. The fourth-order valence-electron chi connectivity index (χ4n) is 0.824. The highest BCUT2D eigenvalue weighted by Crippen LogP contribution is 2.18. The van der Waals surface area contributed by atoms with E-state index in [0.29, 0.717) is 0 Å². The second-order valence-electron chi connectivity index (χ2n) is 2.35. The van der Waals surface area contributed by atoms with Gasteiger partial charge in [0, 0.05) is 5.69 Å². The lowest BCUT2D eigenvalue weighted by Crippen LogP contribution is -1.73. The topological polar surface area (TPSA) is 15.8 Å². The van der Waals surface area contributed by atoms with Crippen molar-refractivity contribution in [2.45, 2.75) is 25.8 Å². The Kier molecular flexibility index (Phi) is 1.58. The Morgan fingerprint density at radius 3 is 1.78 bits per heavy atom. The van der Waals surface area contributed by atoms with Crippen LogP contribution in [0.2, 0.25) is 0 Å². The van der Waals surface area contributed by atoms with Crippen molar-refractivity contribution in [3.63, 3.8) is 0 Å². The van der Waals surface area contributed by atoms with Crippen molar-refractivity contribution in [2.75, 3.05) is 0 Å². The van der Waals surface area contributed by atoms with Gasteiger partial charge in [0.05, 0.1) is 5.03 Å². The van der Waals surface area contributed by atoms with Crippen molar-refractivity contribution in [1.82, 2.24) is 4.98 Å². The Morgan fingerprint density at radius 1 is 1.11 bits per heavy atom. The molecule has 0 saturated carbocycles. The molecular weight excluding hydrogens is 130 g/mol. The van der Waals surface area contributed by atoms with Gasteiger partial charge in [-0.05, 0) is 31.9 Å². The smallest absolute Gasteiger partial charge is 0.0725 e. The Morgan fingerprint density at radius 2 is 1.67 bits per heavy atom. The third kappa shape index (κ3) is 0.990. The van der Waals surface area contributed by atoms with Gasteiger partial charge in [0.1, 0.15) is 0 Å². The van der Waals surface area contributed by atoms with Crippen LogP contribution in [-0.4, -0.2) is 4.98 Å². The first-order valence-corrected chi connectivity index (χ1v) is 3.42. The summed E-state index contributed by atoms with van der Waals surface area (Å²) in [5.41, 5.74) is 3.80. The van der Waals surface area contributed by atoms with Crippen LogP contribution in [0.15, 0.2) is 5.03 Å². The summed E-state index contributed by atoms with van der Waals surface area (Å²) >= 11 is 4.23. The van der Waals surface area contributed by atoms with Crippen molar-refractivity contribution in [1.29, 1.82) is 0 Å². The summed E-state index contributed by atoms with van der Waals surface area (Å²) in [7, 11) is 0. The van der Waals surface area contributed by atoms with Gasteiger partial charge in [-0.1, -0.05) is 0 Å². The van der Waals surface area contributed by atoms with Crippen LogP contribution in [0.5, 0.6) is 0 Å². The van der Waals surface area contributed by atoms with Crippen LogP contribution in [0.4, 0.5) is 0 Å². The maximum atomic E-state index is 4.23. The summed E-state index contributed by atoms with van der Waals surface area (Å²) in [6.07, 6.45) is 0. The molecule has 0 aliphatic rings. The van der Waals surface area contributed by atoms with Gasteiger partial charge < -0.3 is 4.98 Å². The maximum absolute atomic E-state index is 4.23. The Bertz CT molecular complexity index is 203. The lowest BCUT2D eigenvalue weighted by Gasteiger charge is -1.87. The minimum absolute atomic E-state index is 0.991. The fraction of sp³-hybridized carbons (Fsp3) is 0.429. The van der Waals surface area contributed by atoms with Gasteiger partial charge in [0.2, 0.25) is 0 Å². The first-order valence-electron chi connectivity index (χ1n) is 2.97. The van der Waals surface area contributed by atoms with Crippen LogP contribution in [0.1, 0.15) is 16.8 Å². The zero-order valence-electron chi connectivity index (χ0n) is 5.95. The molecule has 50 valence electrons. The summed E-state index contributed by atoms with van der Waals surface area (Å²) in [6.45, 7) is 6.23. The highest BCUT2D eigenvalue weighted by Gasteiger charge is 2.01. The molecule has 0 aliphatic carbocycles. The first-order chi connectivity index (χ1) is 4.13. The Labute approximate surface area is 60.9 Å². The van der Waals surface area contributed by atoms with Crippen LogP contribution < -0.4 is 0 Å². The number of thiol groups is 1. The summed E-state index contributed by atoms with van der Waals surface area (Å²) in [4.78, 5) is 3.14. The van der Waals surface area contributed by atoms with Crippen molar-refractivity contribution in [2.24, 2.45) is 0 Å². The van der Waals surface area contributed by atoms with Crippen molar-refractivity contribution in [3.8, 4) is 0 Å². The summed E-state index contributed by atoms with van der Waals surface area (Å²) in [6, 6.07) is 0. The fourth-order valence-corrected chi connectivity index (χ4v) is 1.16. The largest absolute Gasteiger partial charge is 0.354 e. The molecule has 0 amide bonds. The second kappa shape index (κ2) is 2.10. The van der Waals surface area contributed by atoms with E-state index in [1.54, 1.807) is 0 Å². The van der Waals surface area contributed by atoms with Crippen molar-refractivity contribution < 1.29 is 0 Å². The molecule has 0 radical (unpaired) electrons. The lowest BCUT2D eigenvalue weighted by atomic mass is 10.2. The standard InChI is InChI=1S/C7H11NS/c1-4-5(2)7(9)8-6(4)3/h8-9H,1-3H3. The van der Waals surface area contributed by atoms with Gasteiger partial charge in [-0.3, -0.25) is 0 Å². The van der Waals surface area contributed by atoms with Crippen LogP contribution >= 0.6 is 12.6 Å². The van der Waals surface area contributed by atoms with E-state index in [4.69, 9.17) is 0 Å². The molecule has 1 heterocycles. The number of nitrogens with one attached hydrogen (secondary N) is 1. The van der Waals surface area contributed by atoms with E-state index in [-0.39, 0.29) is 0 Å². The number of aromatic nitrogens is 1. The number of aryl methyl sites for hydroxylation is 1. The summed E-state index contributed by atoms with van der Waals surface area (Å²) in [5, 5.41) is 0.991. The monoisotopic (exact) mass is 141 g/mol. The van der Waals surface area contributed by atoms with Crippen LogP contribution in [0.3, 0.4) is 0 Å². The Balaban J connectivity index is 3.29. The van der Waals surface area contributed by atoms with Crippen LogP contribution in [0.25, 0.3) is 0 Å². The molecule has 0 atom stereocenters. The number of H-pyrrole nitrogens is 1. The molecule has 0 saturated heterocycles. The zero-order chi connectivity index (χ0) is 7.02. The van der Waals surface area contributed by atoms with E-state index < -0.39 is 0 Å². The van der Waals surface area contributed by atoms with E-state index in [1.165, 1.54) is 16.8 Å². The molecule has 1 rings (SSSR count). The third-order valence-electron chi connectivity index (χ3n) is 1.79. The van der Waals surface area contributed by atoms with E-state index >= 15 is 0 Å². The van der Waals surface area contributed by atoms with Gasteiger partial charge in [-0.2, -0.15) is 0 Å². The number of aromatic amines is 1. The summed E-state index contributed by atoms with van der Waals surface area (Å²) < 4.78 is 0. The average Bonchev–Trinajstić information content (AvgIpc) is 1.98. The molecule has 1 N–H and O–H groups in total. The van der Waals surface area contributed by atoms with Gasteiger partial charge in [-0.15, -0.1) is 12.6 Å². The minimum atomic E-state index is 0.991.